The number of alkyl halides is 1. The Morgan fingerprint density at radius 3 is 2.82 bits per heavy atom. The minimum atomic E-state index is -0.376. The Hall–Kier alpha value is -0.940. The highest BCUT2D eigenvalue weighted by molar-refractivity contribution is 6.21. The summed E-state index contributed by atoms with van der Waals surface area (Å²) < 4.78 is 18.8. The summed E-state index contributed by atoms with van der Waals surface area (Å²) in [6.45, 7) is 2.73. The molecule has 0 radical (unpaired) electrons. The molecule has 0 aromatic carbocycles. The number of methoxy groups -OCH3 is 1. The van der Waals surface area contributed by atoms with Crippen LogP contribution in [0, 0.1) is 5.82 Å². The van der Waals surface area contributed by atoms with Crippen LogP contribution in [0.3, 0.4) is 0 Å². The average Bonchev–Trinajstić information content (AvgIpc) is 2.29. The number of nitrogens with zero attached hydrogens (tertiary/aromatic N) is 3. The van der Waals surface area contributed by atoms with Crippen LogP contribution in [0.1, 0.15) is 12.6 Å². The van der Waals surface area contributed by atoms with E-state index in [1.165, 1.54) is 6.33 Å². The lowest BCUT2D eigenvalue weighted by atomic mass is 10.3. The normalized spacial score (nSPS) is 12.5. The molecule has 96 valence electrons. The zero-order chi connectivity index (χ0) is 12.8. The van der Waals surface area contributed by atoms with E-state index in [1.54, 1.807) is 19.1 Å². The maximum Gasteiger partial charge on any atom is 0.187 e. The largest absolute Gasteiger partial charge is 0.383 e. The summed E-state index contributed by atoms with van der Waals surface area (Å²) in [5.74, 6) is -0.0996. The molecule has 1 unspecified atom stereocenters. The lowest BCUT2D eigenvalue weighted by Crippen LogP contribution is -2.30. The quantitative estimate of drug-likeness (QED) is 0.733. The van der Waals surface area contributed by atoms with Gasteiger partial charge in [0.1, 0.15) is 6.33 Å². The Morgan fingerprint density at radius 1 is 1.53 bits per heavy atom. The van der Waals surface area contributed by atoms with Crippen LogP contribution in [0.25, 0.3) is 0 Å². The number of hydrogen-bond donors (Lipinski definition) is 0. The summed E-state index contributed by atoms with van der Waals surface area (Å²) in [5.41, 5.74) is 0.416. The summed E-state index contributed by atoms with van der Waals surface area (Å²) in [6.07, 6.45) is 1.91. The van der Waals surface area contributed by atoms with Gasteiger partial charge in [-0.25, -0.2) is 14.4 Å². The van der Waals surface area contributed by atoms with E-state index in [0.29, 0.717) is 25.3 Å². The van der Waals surface area contributed by atoms with Gasteiger partial charge in [0.05, 0.1) is 17.7 Å². The van der Waals surface area contributed by atoms with Gasteiger partial charge in [0.2, 0.25) is 0 Å². The smallest absolute Gasteiger partial charge is 0.187 e. The molecule has 6 heteroatoms. The summed E-state index contributed by atoms with van der Waals surface area (Å²) in [6, 6.07) is 0. The second kappa shape index (κ2) is 6.71. The van der Waals surface area contributed by atoms with Gasteiger partial charge >= 0.3 is 0 Å². The molecule has 1 aromatic heterocycles. The second-order valence-corrected chi connectivity index (χ2v) is 4.36. The van der Waals surface area contributed by atoms with Gasteiger partial charge in [0.25, 0.3) is 0 Å². The number of aryl methyl sites for hydroxylation is 1. The monoisotopic (exact) mass is 261 g/mol. The molecule has 1 rings (SSSR count). The van der Waals surface area contributed by atoms with Crippen molar-refractivity contribution in [1.29, 1.82) is 0 Å². The highest BCUT2D eigenvalue weighted by atomic mass is 35.5. The predicted octanol–water partition coefficient (Wildman–Crippen LogP) is 1.87. The molecule has 0 aliphatic rings. The maximum atomic E-state index is 13.9. The van der Waals surface area contributed by atoms with Crippen molar-refractivity contribution < 1.29 is 9.13 Å². The first-order valence-corrected chi connectivity index (χ1v) is 5.87. The van der Waals surface area contributed by atoms with Crippen LogP contribution < -0.4 is 4.90 Å². The first-order chi connectivity index (χ1) is 8.10. The summed E-state index contributed by atoms with van der Waals surface area (Å²) in [4.78, 5) is 9.50. The van der Waals surface area contributed by atoms with Crippen molar-refractivity contribution in [3.63, 3.8) is 0 Å². The first kappa shape index (κ1) is 14.1. The lowest BCUT2D eigenvalue weighted by Gasteiger charge is -2.21. The Bertz CT molecular complexity index is 365. The highest BCUT2D eigenvalue weighted by Gasteiger charge is 2.16. The van der Waals surface area contributed by atoms with Gasteiger partial charge in [-0.15, -0.1) is 11.6 Å². The Kier molecular flexibility index (Phi) is 5.58. The number of halogens is 2. The zero-order valence-electron chi connectivity index (χ0n) is 10.3. The molecule has 0 bridgehead atoms. The number of aromatic nitrogens is 2. The van der Waals surface area contributed by atoms with E-state index in [-0.39, 0.29) is 17.0 Å². The minimum absolute atomic E-state index is 0.204. The molecule has 0 saturated carbocycles. The van der Waals surface area contributed by atoms with Crippen molar-refractivity contribution in [3.05, 3.63) is 17.8 Å². The molecular formula is C11H17ClFN3O. The Balaban J connectivity index is 2.78. The second-order valence-electron chi connectivity index (χ2n) is 3.74. The van der Waals surface area contributed by atoms with Crippen LogP contribution in [0.5, 0.6) is 0 Å². The molecule has 0 amide bonds. The van der Waals surface area contributed by atoms with Crippen LogP contribution in [0.4, 0.5) is 10.2 Å². The van der Waals surface area contributed by atoms with Crippen molar-refractivity contribution in [3.8, 4) is 0 Å². The van der Waals surface area contributed by atoms with Crippen LogP contribution in [-0.2, 0) is 11.2 Å². The van der Waals surface area contributed by atoms with Crippen LogP contribution in [0.2, 0.25) is 0 Å². The Morgan fingerprint density at radius 2 is 2.24 bits per heavy atom. The topological polar surface area (TPSA) is 38.2 Å². The van der Waals surface area contributed by atoms with E-state index < -0.39 is 0 Å². The molecule has 17 heavy (non-hydrogen) atoms. The van der Waals surface area contributed by atoms with E-state index in [2.05, 4.69) is 9.97 Å². The molecule has 1 heterocycles. The van der Waals surface area contributed by atoms with E-state index >= 15 is 0 Å². The van der Waals surface area contributed by atoms with Gasteiger partial charge < -0.3 is 9.64 Å². The number of anilines is 1. The third-order valence-electron chi connectivity index (χ3n) is 2.36. The predicted molar refractivity (Wildman–Crippen MR) is 66.2 cm³/mol. The van der Waals surface area contributed by atoms with Gasteiger partial charge in [-0.05, 0) is 6.42 Å². The first-order valence-electron chi connectivity index (χ1n) is 5.43. The molecular weight excluding hydrogens is 245 g/mol. The third-order valence-corrected chi connectivity index (χ3v) is 2.62. The van der Waals surface area contributed by atoms with E-state index in [0.717, 1.165) is 0 Å². The fraction of sp³-hybridized carbons (Fsp3) is 0.636. The van der Waals surface area contributed by atoms with Crippen molar-refractivity contribution in [2.45, 2.75) is 18.7 Å². The van der Waals surface area contributed by atoms with Crippen LogP contribution in [-0.4, -0.2) is 42.7 Å². The van der Waals surface area contributed by atoms with Crippen LogP contribution >= 0.6 is 11.6 Å². The standard InChI is InChI=1S/C11H17ClFN3O/c1-4-9-10(13)11(15-7-14-9)16(2)5-8(12)6-17-3/h7-8H,4-6H2,1-3H3. The van der Waals surface area contributed by atoms with Gasteiger partial charge in [-0.2, -0.15) is 0 Å². The van der Waals surface area contributed by atoms with Gasteiger partial charge in [0, 0.05) is 20.7 Å². The van der Waals surface area contributed by atoms with Crippen LogP contribution in [0.15, 0.2) is 6.33 Å². The molecule has 0 saturated heterocycles. The highest BCUT2D eigenvalue weighted by Crippen LogP contribution is 2.17. The van der Waals surface area contributed by atoms with Gasteiger partial charge in [-0.1, -0.05) is 6.92 Å². The number of hydrogen-bond acceptors (Lipinski definition) is 4. The Labute approximate surface area is 106 Å². The molecule has 1 atom stereocenters. The number of rotatable bonds is 6. The van der Waals surface area contributed by atoms with Gasteiger partial charge in [-0.3, -0.25) is 0 Å². The fourth-order valence-electron chi connectivity index (χ4n) is 1.53. The van der Waals surface area contributed by atoms with E-state index in [4.69, 9.17) is 16.3 Å². The molecule has 0 N–H and O–H groups in total. The molecule has 4 nitrogen and oxygen atoms in total. The maximum absolute atomic E-state index is 13.9. The van der Waals surface area contributed by atoms with E-state index in [1.807, 2.05) is 6.92 Å². The molecule has 0 fully saturated rings. The number of ether oxygens (including phenoxy) is 1. The van der Waals surface area contributed by atoms with Gasteiger partial charge in [0.15, 0.2) is 11.6 Å². The van der Waals surface area contributed by atoms with Crippen molar-refractivity contribution in [2.75, 3.05) is 32.2 Å². The van der Waals surface area contributed by atoms with Crippen molar-refractivity contribution >= 4 is 17.4 Å². The molecule has 1 aromatic rings. The van der Waals surface area contributed by atoms with Crippen molar-refractivity contribution in [1.82, 2.24) is 9.97 Å². The van der Waals surface area contributed by atoms with Crippen molar-refractivity contribution in [2.24, 2.45) is 0 Å². The zero-order valence-corrected chi connectivity index (χ0v) is 11.0. The SMILES string of the molecule is CCc1ncnc(N(C)CC(Cl)COC)c1F. The summed E-state index contributed by atoms with van der Waals surface area (Å²) in [7, 11) is 3.33. The molecule has 0 aliphatic heterocycles. The average molecular weight is 262 g/mol. The fourth-order valence-corrected chi connectivity index (χ4v) is 1.86. The third kappa shape index (κ3) is 3.78. The summed E-state index contributed by atoms with van der Waals surface area (Å²) >= 11 is 6.02. The lowest BCUT2D eigenvalue weighted by molar-refractivity contribution is 0.199. The molecule has 0 aliphatic carbocycles. The summed E-state index contributed by atoms with van der Waals surface area (Å²) in [5, 5.41) is -0.204. The molecule has 0 spiro atoms. The minimum Gasteiger partial charge on any atom is -0.383 e. The van der Waals surface area contributed by atoms with E-state index in [9.17, 15) is 4.39 Å².